The van der Waals surface area contributed by atoms with Crippen molar-refractivity contribution in [3.05, 3.63) is 46.5 Å². The van der Waals surface area contributed by atoms with Crippen LogP contribution in [0.2, 0.25) is 5.02 Å². The molecule has 0 saturated heterocycles. The van der Waals surface area contributed by atoms with Crippen molar-refractivity contribution in [2.24, 2.45) is 0 Å². The first kappa shape index (κ1) is 18.9. The lowest BCUT2D eigenvalue weighted by molar-refractivity contribution is -0.137. The molecule has 0 spiro atoms. The van der Waals surface area contributed by atoms with Crippen LogP contribution in [0.1, 0.15) is 46.4 Å². The maximum absolute atomic E-state index is 12.8. The van der Waals surface area contributed by atoms with Gasteiger partial charge in [-0.1, -0.05) is 30.2 Å². The van der Waals surface area contributed by atoms with Gasteiger partial charge in [0, 0.05) is 46.9 Å². The average molecular weight is 362 g/mol. The van der Waals surface area contributed by atoms with E-state index in [1.54, 1.807) is 42.3 Å². The van der Waals surface area contributed by atoms with E-state index in [1.165, 1.54) is 0 Å². The zero-order chi connectivity index (χ0) is 18.4. The van der Waals surface area contributed by atoms with E-state index in [1.807, 2.05) is 0 Å². The minimum Gasteiger partial charge on any atom is -0.481 e. The number of fused-ring (bicyclic) bond motifs is 1. The molecule has 2 aromatic carbocycles. The number of carboxylic acids is 1. The van der Waals surface area contributed by atoms with Gasteiger partial charge < -0.3 is 10.0 Å². The molecule has 0 unspecified atom stereocenters. The van der Waals surface area contributed by atoms with E-state index in [4.69, 9.17) is 16.7 Å². The van der Waals surface area contributed by atoms with Gasteiger partial charge in [0.25, 0.3) is 5.91 Å². The molecular formula is C19H20ClNO4. The highest BCUT2D eigenvalue weighted by atomic mass is 35.5. The average Bonchev–Trinajstić information content (AvgIpc) is 2.60. The summed E-state index contributed by atoms with van der Waals surface area (Å²) in [6.45, 7) is 0.520. The van der Waals surface area contributed by atoms with E-state index in [2.05, 4.69) is 0 Å². The van der Waals surface area contributed by atoms with Crippen LogP contribution < -0.4 is 0 Å². The summed E-state index contributed by atoms with van der Waals surface area (Å²) in [5.41, 5.74) is 0.869. The maximum atomic E-state index is 12.8. The Hall–Kier alpha value is -2.40. The molecule has 1 amide bonds. The summed E-state index contributed by atoms with van der Waals surface area (Å²) in [5, 5.41) is 10.4. The minimum absolute atomic E-state index is 0.141. The van der Waals surface area contributed by atoms with E-state index in [9.17, 15) is 14.4 Å². The summed E-state index contributed by atoms with van der Waals surface area (Å²) in [7, 11) is 1.70. The van der Waals surface area contributed by atoms with Crippen molar-refractivity contribution >= 4 is 40.5 Å². The second kappa shape index (κ2) is 8.62. The van der Waals surface area contributed by atoms with E-state index in [0.717, 1.165) is 19.1 Å². The maximum Gasteiger partial charge on any atom is 0.303 e. The van der Waals surface area contributed by atoms with Gasteiger partial charge in [-0.15, -0.1) is 0 Å². The van der Waals surface area contributed by atoms with Gasteiger partial charge in [-0.25, -0.2) is 0 Å². The number of halogens is 1. The van der Waals surface area contributed by atoms with Crippen molar-refractivity contribution in [3.8, 4) is 0 Å². The van der Waals surface area contributed by atoms with Crippen LogP contribution >= 0.6 is 11.6 Å². The van der Waals surface area contributed by atoms with Crippen LogP contribution in [0, 0.1) is 0 Å². The fourth-order valence-corrected chi connectivity index (χ4v) is 3.00. The molecule has 2 aromatic rings. The summed E-state index contributed by atoms with van der Waals surface area (Å²) in [5.74, 6) is -0.993. The first-order valence-electron chi connectivity index (χ1n) is 8.09. The number of amides is 1. The fraction of sp³-hybridized carbons (Fsp3) is 0.316. The Balaban J connectivity index is 2.17. The van der Waals surface area contributed by atoms with Gasteiger partial charge in [0.15, 0.2) is 6.29 Å². The third-order valence-electron chi connectivity index (χ3n) is 4.11. The van der Waals surface area contributed by atoms with Crippen molar-refractivity contribution in [1.29, 1.82) is 0 Å². The molecular weight excluding hydrogens is 342 g/mol. The van der Waals surface area contributed by atoms with Gasteiger partial charge in [0.2, 0.25) is 0 Å². The summed E-state index contributed by atoms with van der Waals surface area (Å²) >= 11 is 6.20. The number of aliphatic carboxylic acids is 1. The van der Waals surface area contributed by atoms with Crippen LogP contribution in [0.25, 0.3) is 10.8 Å². The second-order valence-corrected chi connectivity index (χ2v) is 6.32. The number of carbonyl (C=O) groups is 3. The van der Waals surface area contributed by atoms with Gasteiger partial charge in [-0.3, -0.25) is 14.4 Å². The highest BCUT2D eigenvalue weighted by molar-refractivity contribution is 6.36. The topological polar surface area (TPSA) is 74.7 Å². The third-order valence-corrected chi connectivity index (χ3v) is 4.44. The number of carboxylic acid groups (broad SMARTS) is 1. The zero-order valence-corrected chi connectivity index (χ0v) is 14.8. The molecule has 132 valence electrons. The predicted octanol–water partition coefficient (Wildman–Crippen LogP) is 4.02. The first-order valence-corrected chi connectivity index (χ1v) is 8.47. The number of nitrogens with zero attached hydrogens (tertiary/aromatic N) is 1. The summed E-state index contributed by atoms with van der Waals surface area (Å²) in [6, 6.07) is 8.48. The Morgan fingerprint density at radius 2 is 1.92 bits per heavy atom. The van der Waals surface area contributed by atoms with Crippen molar-refractivity contribution in [1.82, 2.24) is 4.90 Å². The van der Waals surface area contributed by atoms with Crippen molar-refractivity contribution in [2.45, 2.75) is 25.7 Å². The lowest BCUT2D eigenvalue weighted by Crippen LogP contribution is -2.28. The lowest BCUT2D eigenvalue weighted by Gasteiger charge is -2.19. The van der Waals surface area contributed by atoms with E-state index < -0.39 is 5.97 Å². The SMILES string of the molecule is CN(CCCCCC(=O)O)C(=O)c1cccc2c(Cl)ccc(C=O)c12. The molecule has 0 radical (unpaired) electrons. The molecule has 25 heavy (non-hydrogen) atoms. The number of benzene rings is 2. The van der Waals surface area contributed by atoms with Crippen LogP contribution in [0.3, 0.4) is 0 Å². The molecule has 0 heterocycles. The number of unbranched alkanes of at least 4 members (excludes halogenated alkanes) is 2. The second-order valence-electron chi connectivity index (χ2n) is 5.91. The molecule has 0 atom stereocenters. The van der Waals surface area contributed by atoms with Crippen molar-refractivity contribution in [3.63, 3.8) is 0 Å². The Bertz CT molecular complexity index is 803. The van der Waals surface area contributed by atoms with Crippen LogP contribution in [0.5, 0.6) is 0 Å². The molecule has 0 aliphatic rings. The van der Waals surface area contributed by atoms with Crippen LogP contribution in [-0.4, -0.2) is 41.8 Å². The molecule has 0 aromatic heterocycles. The van der Waals surface area contributed by atoms with E-state index in [-0.39, 0.29) is 12.3 Å². The van der Waals surface area contributed by atoms with Crippen LogP contribution in [0.15, 0.2) is 30.3 Å². The summed E-state index contributed by atoms with van der Waals surface area (Å²) < 4.78 is 0. The molecule has 6 heteroatoms. The van der Waals surface area contributed by atoms with Crippen molar-refractivity contribution < 1.29 is 19.5 Å². The van der Waals surface area contributed by atoms with Gasteiger partial charge in [0.1, 0.15) is 0 Å². The smallest absolute Gasteiger partial charge is 0.303 e. The largest absolute Gasteiger partial charge is 0.481 e. The van der Waals surface area contributed by atoms with Gasteiger partial charge in [0.05, 0.1) is 0 Å². The lowest BCUT2D eigenvalue weighted by atomic mass is 9.99. The standard InChI is InChI=1S/C19H20ClNO4/c1-21(11-4-2-3-8-17(23)24)19(25)15-7-5-6-14-16(20)10-9-13(12-22)18(14)15/h5-7,9-10,12H,2-4,8,11H2,1H3,(H,23,24). The van der Waals surface area contributed by atoms with Crippen LogP contribution in [0.4, 0.5) is 0 Å². The molecule has 0 aliphatic heterocycles. The molecule has 2 rings (SSSR count). The Kier molecular flexibility index (Phi) is 6.53. The zero-order valence-electron chi connectivity index (χ0n) is 14.0. The number of aldehydes is 1. The van der Waals surface area contributed by atoms with Gasteiger partial charge in [-0.2, -0.15) is 0 Å². The number of hydrogen-bond acceptors (Lipinski definition) is 3. The van der Waals surface area contributed by atoms with E-state index in [0.29, 0.717) is 39.9 Å². The van der Waals surface area contributed by atoms with Gasteiger partial charge >= 0.3 is 5.97 Å². The quantitative estimate of drug-likeness (QED) is 0.569. The molecule has 5 nitrogen and oxygen atoms in total. The molecule has 0 saturated carbocycles. The fourth-order valence-electron chi connectivity index (χ4n) is 2.78. The Morgan fingerprint density at radius 1 is 1.16 bits per heavy atom. The minimum atomic E-state index is -0.807. The van der Waals surface area contributed by atoms with Gasteiger partial charge in [-0.05, 0) is 31.0 Å². The summed E-state index contributed by atoms with van der Waals surface area (Å²) in [6.07, 6.45) is 2.92. The number of carbonyl (C=O) groups excluding carboxylic acids is 2. The van der Waals surface area contributed by atoms with Crippen molar-refractivity contribution in [2.75, 3.05) is 13.6 Å². The Labute approximate surface area is 151 Å². The van der Waals surface area contributed by atoms with E-state index >= 15 is 0 Å². The van der Waals surface area contributed by atoms with Crippen LogP contribution in [-0.2, 0) is 4.79 Å². The monoisotopic (exact) mass is 361 g/mol. The normalized spacial score (nSPS) is 10.6. The number of hydrogen-bond donors (Lipinski definition) is 1. The Morgan fingerprint density at radius 3 is 2.60 bits per heavy atom. The first-order chi connectivity index (χ1) is 12.0. The summed E-state index contributed by atoms with van der Waals surface area (Å²) in [4.78, 5) is 36.2. The highest BCUT2D eigenvalue weighted by Crippen LogP contribution is 2.29. The number of rotatable bonds is 8. The third kappa shape index (κ3) is 4.57. The molecule has 0 aliphatic carbocycles. The molecule has 1 N–H and O–H groups in total. The highest BCUT2D eigenvalue weighted by Gasteiger charge is 2.17. The predicted molar refractivity (Wildman–Crippen MR) is 97.4 cm³/mol. The molecule has 0 fully saturated rings. The molecule has 0 bridgehead atoms.